The monoisotopic (exact) mass is 602 g/mol. The minimum Gasteiger partial charge on any atom is -0.491 e. The van der Waals surface area contributed by atoms with Crippen LogP contribution in [0.5, 0.6) is 17.2 Å². The second kappa shape index (κ2) is 17.6. The third kappa shape index (κ3) is 9.50. The van der Waals surface area contributed by atoms with E-state index in [0.717, 1.165) is 55.5 Å². The van der Waals surface area contributed by atoms with E-state index in [-0.39, 0.29) is 0 Å². The molecule has 0 saturated carbocycles. The van der Waals surface area contributed by atoms with Gasteiger partial charge < -0.3 is 28.4 Å². The standard InChI is InChI=1S/C36H42O6S/c1-4-37-18-21-40-30-13-7-10-27(24-30)33-16-17-34(43)36(29-12-9-15-32(26-29)42-23-20-39-6-3)35(33)28-11-8-14-31(25-28)41-22-19-38-5-2/h7-17,24-26,43H,4-6,18-23H2,1-3H3. The molecule has 4 aromatic carbocycles. The predicted molar refractivity (Wildman–Crippen MR) is 176 cm³/mol. The van der Waals surface area contributed by atoms with Gasteiger partial charge in [0.1, 0.15) is 37.1 Å². The van der Waals surface area contributed by atoms with E-state index in [1.165, 1.54) is 0 Å². The Morgan fingerprint density at radius 2 is 0.884 bits per heavy atom. The van der Waals surface area contributed by atoms with Crippen LogP contribution in [0.2, 0.25) is 0 Å². The van der Waals surface area contributed by atoms with E-state index in [9.17, 15) is 0 Å². The molecule has 0 aromatic heterocycles. The van der Waals surface area contributed by atoms with Crippen molar-refractivity contribution >= 4 is 12.6 Å². The summed E-state index contributed by atoms with van der Waals surface area (Å²) in [4.78, 5) is 0.858. The largest absolute Gasteiger partial charge is 0.491 e. The molecule has 7 heteroatoms. The van der Waals surface area contributed by atoms with Crippen molar-refractivity contribution in [2.45, 2.75) is 25.7 Å². The number of ether oxygens (including phenoxy) is 6. The highest BCUT2D eigenvalue weighted by Crippen LogP contribution is 2.45. The van der Waals surface area contributed by atoms with Crippen LogP contribution < -0.4 is 14.2 Å². The van der Waals surface area contributed by atoms with Crippen LogP contribution >= 0.6 is 12.6 Å². The van der Waals surface area contributed by atoms with Crippen LogP contribution in [0.4, 0.5) is 0 Å². The van der Waals surface area contributed by atoms with Crippen LogP contribution in [-0.2, 0) is 14.2 Å². The molecule has 0 amide bonds. The average Bonchev–Trinajstić information content (AvgIpc) is 3.04. The van der Waals surface area contributed by atoms with Crippen LogP contribution in [0, 0.1) is 0 Å². The molecule has 0 saturated heterocycles. The van der Waals surface area contributed by atoms with Crippen LogP contribution in [0.15, 0.2) is 89.8 Å². The highest BCUT2D eigenvalue weighted by molar-refractivity contribution is 7.80. The van der Waals surface area contributed by atoms with E-state index in [1.807, 2.05) is 63.2 Å². The van der Waals surface area contributed by atoms with Gasteiger partial charge in [0.2, 0.25) is 0 Å². The van der Waals surface area contributed by atoms with Crippen molar-refractivity contribution in [3.05, 3.63) is 84.9 Å². The van der Waals surface area contributed by atoms with Crippen molar-refractivity contribution in [2.24, 2.45) is 0 Å². The van der Waals surface area contributed by atoms with Gasteiger partial charge in [-0.1, -0.05) is 42.5 Å². The third-order valence-electron chi connectivity index (χ3n) is 6.68. The van der Waals surface area contributed by atoms with Gasteiger partial charge in [0, 0.05) is 30.3 Å². The van der Waals surface area contributed by atoms with Crippen LogP contribution in [0.3, 0.4) is 0 Å². The fourth-order valence-electron chi connectivity index (χ4n) is 4.75. The topological polar surface area (TPSA) is 55.4 Å². The second-order valence-corrected chi connectivity index (χ2v) is 10.1. The highest BCUT2D eigenvalue weighted by Gasteiger charge is 2.19. The Labute approximate surface area is 261 Å². The summed E-state index contributed by atoms with van der Waals surface area (Å²) in [5.41, 5.74) is 6.15. The van der Waals surface area contributed by atoms with Gasteiger partial charge >= 0.3 is 0 Å². The van der Waals surface area contributed by atoms with Gasteiger partial charge in [-0.3, -0.25) is 0 Å². The van der Waals surface area contributed by atoms with E-state index in [4.69, 9.17) is 41.0 Å². The van der Waals surface area contributed by atoms with Gasteiger partial charge in [-0.25, -0.2) is 0 Å². The summed E-state index contributed by atoms with van der Waals surface area (Å²) in [6.07, 6.45) is 0. The van der Waals surface area contributed by atoms with Crippen molar-refractivity contribution in [3.8, 4) is 50.6 Å². The number of thiol groups is 1. The lowest BCUT2D eigenvalue weighted by Crippen LogP contribution is -2.06. The van der Waals surface area contributed by atoms with Gasteiger partial charge in [0.25, 0.3) is 0 Å². The first-order valence-electron chi connectivity index (χ1n) is 14.9. The molecule has 0 heterocycles. The van der Waals surface area contributed by atoms with Gasteiger partial charge in [-0.15, -0.1) is 12.6 Å². The molecule has 0 unspecified atom stereocenters. The van der Waals surface area contributed by atoms with Crippen molar-refractivity contribution in [1.29, 1.82) is 0 Å². The molecule has 0 spiro atoms. The van der Waals surface area contributed by atoms with Crippen LogP contribution in [0.25, 0.3) is 33.4 Å². The van der Waals surface area contributed by atoms with E-state index in [0.29, 0.717) is 59.5 Å². The average molecular weight is 603 g/mol. The Balaban J connectivity index is 1.79. The number of hydrogen-bond donors (Lipinski definition) is 1. The molecule has 4 rings (SSSR count). The number of benzene rings is 4. The van der Waals surface area contributed by atoms with Crippen LogP contribution in [0.1, 0.15) is 20.8 Å². The van der Waals surface area contributed by atoms with Crippen molar-refractivity contribution in [1.82, 2.24) is 0 Å². The maximum absolute atomic E-state index is 6.05. The zero-order chi connectivity index (χ0) is 30.3. The lowest BCUT2D eigenvalue weighted by molar-refractivity contribution is 0.110. The van der Waals surface area contributed by atoms with E-state index in [2.05, 4.69) is 42.5 Å². The summed E-state index contributed by atoms with van der Waals surface area (Å²) >= 11 is 4.97. The maximum atomic E-state index is 6.05. The first-order valence-corrected chi connectivity index (χ1v) is 15.4. The molecule has 0 fully saturated rings. The molecule has 0 N–H and O–H groups in total. The van der Waals surface area contributed by atoms with Crippen molar-refractivity contribution in [2.75, 3.05) is 59.5 Å². The third-order valence-corrected chi connectivity index (χ3v) is 7.05. The van der Waals surface area contributed by atoms with Crippen LogP contribution in [-0.4, -0.2) is 59.5 Å². The van der Waals surface area contributed by atoms with Gasteiger partial charge in [0.05, 0.1) is 19.8 Å². The Morgan fingerprint density at radius 3 is 1.35 bits per heavy atom. The zero-order valence-electron chi connectivity index (χ0n) is 25.3. The summed E-state index contributed by atoms with van der Waals surface area (Å²) in [5.74, 6) is 2.34. The van der Waals surface area contributed by atoms with Crippen molar-refractivity contribution < 1.29 is 28.4 Å². The molecule has 0 radical (unpaired) electrons. The number of hydrogen-bond acceptors (Lipinski definition) is 7. The summed E-state index contributed by atoms with van der Waals surface area (Å²) < 4.78 is 34.5. The smallest absolute Gasteiger partial charge is 0.120 e. The quantitative estimate of drug-likeness (QED) is 0.0915. The molecule has 0 bridgehead atoms. The molecular weight excluding hydrogens is 560 g/mol. The normalized spacial score (nSPS) is 11.0. The Kier molecular flexibility index (Phi) is 13.3. The van der Waals surface area contributed by atoms with E-state index < -0.39 is 0 Å². The maximum Gasteiger partial charge on any atom is 0.120 e. The second-order valence-electron chi connectivity index (χ2n) is 9.60. The Morgan fingerprint density at radius 1 is 0.465 bits per heavy atom. The van der Waals surface area contributed by atoms with Gasteiger partial charge in [-0.05, 0) is 91.1 Å². The molecule has 43 heavy (non-hydrogen) atoms. The summed E-state index contributed by atoms with van der Waals surface area (Å²) in [5, 5.41) is 0. The Hall–Kier alpha value is -3.49. The minimum atomic E-state index is 0.478. The lowest BCUT2D eigenvalue weighted by atomic mass is 9.87. The predicted octanol–water partition coefficient (Wildman–Crippen LogP) is 8.22. The molecule has 4 aromatic rings. The fourth-order valence-corrected chi connectivity index (χ4v) is 5.06. The molecule has 6 nitrogen and oxygen atoms in total. The minimum absolute atomic E-state index is 0.478. The highest BCUT2D eigenvalue weighted by atomic mass is 32.1. The first-order chi connectivity index (χ1) is 21.1. The summed E-state index contributed by atoms with van der Waals surface area (Å²) in [7, 11) is 0. The van der Waals surface area contributed by atoms with Crippen molar-refractivity contribution in [3.63, 3.8) is 0 Å². The van der Waals surface area contributed by atoms with Gasteiger partial charge in [0.15, 0.2) is 0 Å². The molecule has 0 atom stereocenters. The molecule has 228 valence electrons. The summed E-state index contributed by atoms with van der Waals surface area (Å²) in [6.45, 7) is 11.0. The van der Waals surface area contributed by atoms with E-state index >= 15 is 0 Å². The number of rotatable bonds is 18. The zero-order valence-corrected chi connectivity index (χ0v) is 26.2. The van der Waals surface area contributed by atoms with E-state index in [1.54, 1.807) is 0 Å². The molecule has 0 aliphatic carbocycles. The first kappa shape index (κ1) is 32.4. The summed E-state index contributed by atoms with van der Waals surface area (Å²) in [6, 6.07) is 28.6. The fraction of sp³-hybridized carbons (Fsp3) is 0.333. The Bertz CT molecular complexity index is 1420. The lowest BCUT2D eigenvalue weighted by Gasteiger charge is -2.20. The molecular formula is C36H42O6S. The molecule has 0 aliphatic heterocycles. The SMILES string of the molecule is CCOCCOc1cccc(-c2ccc(S)c(-c3cccc(OCCOCC)c3)c2-c2cccc(OCCOCC)c2)c1. The van der Waals surface area contributed by atoms with Gasteiger partial charge in [-0.2, -0.15) is 0 Å². The molecule has 0 aliphatic rings.